The summed E-state index contributed by atoms with van der Waals surface area (Å²) in [4.78, 5) is 24.0. The van der Waals surface area contributed by atoms with E-state index in [0.29, 0.717) is 18.9 Å². The quantitative estimate of drug-likeness (QED) is 0.615. The first kappa shape index (κ1) is 11.0. The molecular weight excluding hydrogens is 184 g/mol. The number of ether oxygens (including phenoxy) is 1. The first-order valence-electron chi connectivity index (χ1n) is 4.65. The van der Waals surface area contributed by atoms with Crippen LogP contribution < -0.4 is 5.73 Å². The Morgan fingerprint density at radius 2 is 2.43 bits per heavy atom. The van der Waals surface area contributed by atoms with Crippen molar-refractivity contribution in [2.75, 3.05) is 20.2 Å². The highest BCUT2D eigenvalue weighted by atomic mass is 16.5. The van der Waals surface area contributed by atoms with Crippen molar-refractivity contribution in [1.82, 2.24) is 4.90 Å². The van der Waals surface area contributed by atoms with Gasteiger partial charge in [-0.1, -0.05) is 6.92 Å². The molecule has 1 heterocycles. The van der Waals surface area contributed by atoms with Crippen LogP contribution in [0.4, 0.5) is 0 Å². The average Bonchev–Trinajstić information content (AvgIpc) is 2.44. The highest BCUT2D eigenvalue weighted by Gasteiger charge is 2.29. The fourth-order valence-corrected chi connectivity index (χ4v) is 1.61. The van der Waals surface area contributed by atoms with Crippen LogP contribution in [0.25, 0.3) is 0 Å². The highest BCUT2D eigenvalue weighted by molar-refractivity contribution is 5.80. The number of hydrogen-bond acceptors (Lipinski definition) is 4. The zero-order valence-electron chi connectivity index (χ0n) is 8.53. The Labute approximate surface area is 83.2 Å². The van der Waals surface area contributed by atoms with Crippen molar-refractivity contribution in [1.29, 1.82) is 0 Å². The van der Waals surface area contributed by atoms with E-state index in [1.54, 1.807) is 4.90 Å². The molecule has 2 N–H and O–H groups in total. The SMILES string of the molecule is COC(=O)C(N)CN1CC(C)CC1=O. The number of carbonyl (C=O) groups excluding carboxylic acids is 2. The van der Waals surface area contributed by atoms with Crippen molar-refractivity contribution in [2.45, 2.75) is 19.4 Å². The van der Waals surface area contributed by atoms with Crippen molar-refractivity contribution in [2.24, 2.45) is 11.7 Å². The minimum atomic E-state index is -0.728. The second kappa shape index (κ2) is 4.41. The van der Waals surface area contributed by atoms with E-state index in [9.17, 15) is 9.59 Å². The predicted octanol–water partition coefficient (Wildman–Crippen LogP) is -0.645. The lowest BCUT2D eigenvalue weighted by molar-refractivity contribution is -0.143. The van der Waals surface area contributed by atoms with E-state index in [-0.39, 0.29) is 12.5 Å². The van der Waals surface area contributed by atoms with Gasteiger partial charge in [0.05, 0.1) is 7.11 Å². The van der Waals surface area contributed by atoms with Crippen LogP contribution in [0.2, 0.25) is 0 Å². The molecule has 2 atom stereocenters. The Hall–Kier alpha value is -1.10. The Morgan fingerprint density at radius 1 is 1.79 bits per heavy atom. The molecule has 0 aliphatic carbocycles. The number of amides is 1. The van der Waals surface area contributed by atoms with Gasteiger partial charge >= 0.3 is 5.97 Å². The van der Waals surface area contributed by atoms with Crippen molar-refractivity contribution in [3.05, 3.63) is 0 Å². The summed E-state index contributed by atoms with van der Waals surface area (Å²) in [5.74, 6) is -0.0541. The fourth-order valence-electron chi connectivity index (χ4n) is 1.61. The van der Waals surface area contributed by atoms with Gasteiger partial charge < -0.3 is 15.4 Å². The molecule has 1 amide bonds. The number of nitrogens with zero attached hydrogens (tertiary/aromatic N) is 1. The van der Waals surface area contributed by atoms with Crippen LogP contribution in [0.1, 0.15) is 13.3 Å². The summed E-state index contributed by atoms with van der Waals surface area (Å²) >= 11 is 0. The van der Waals surface area contributed by atoms with E-state index >= 15 is 0 Å². The van der Waals surface area contributed by atoms with Gasteiger partial charge in [-0.2, -0.15) is 0 Å². The summed E-state index contributed by atoms with van der Waals surface area (Å²) in [7, 11) is 1.29. The number of rotatable bonds is 3. The van der Waals surface area contributed by atoms with E-state index in [4.69, 9.17) is 5.73 Å². The van der Waals surface area contributed by atoms with Crippen molar-refractivity contribution in [3.8, 4) is 0 Å². The number of esters is 1. The first-order valence-corrected chi connectivity index (χ1v) is 4.65. The number of carbonyl (C=O) groups is 2. The molecule has 2 unspecified atom stereocenters. The largest absolute Gasteiger partial charge is 0.468 e. The number of hydrogen-bond donors (Lipinski definition) is 1. The molecule has 14 heavy (non-hydrogen) atoms. The molecule has 0 spiro atoms. The molecule has 80 valence electrons. The molecule has 5 nitrogen and oxygen atoms in total. The average molecular weight is 200 g/mol. The smallest absolute Gasteiger partial charge is 0.324 e. The molecule has 1 saturated heterocycles. The van der Waals surface area contributed by atoms with Crippen LogP contribution in [-0.2, 0) is 14.3 Å². The predicted molar refractivity (Wildman–Crippen MR) is 50.4 cm³/mol. The van der Waals surface area contributed by atoms with Gasteiger partial charge in [0, 0.05) is 19.5 Å². The van der Waals surface area contributed by atoms with Crippen LogP contribution in [0, 0.1) is 5.92 Å². The van der Waals surface area contributed by atoms with Crippen LogP contribution in [0.3, 0.4) is 0 Å². The van der Waals surface area contributed by atoms with Gasteiger partial charge in [-0.3, -0.25) is 9.59 Å². The Balaban J connectivity index is 2.44. The maximum atomic E-state index is 11.3. The molecule has 0 aromatic carbocycles. The van der Waals surface area contributed by atoms with Gasteiger partial charge in [0.2, 0.25) is 5.91 Å². The van der Waals surface area contributed by atoms with Gasteiger partial charge in [-0.25, -0.2) is 0 Å². The molecule has 0 radical (unpaired) electrons. The molecular formula is C9H16N2O3. The number of methoxy groups -OCH3 is 1. The maximum Gasteiger partial charge on any atom is 0.324 e. The molecule has 0 bridgehead atoms. The standard InChI is InChI=1S/C9H16N2O3/c1-6-3-8(12)11(4-6)5-7(10)9(13)14-2/h6-7H,3-5,10H2,1-2H3. The van der Waals surface area contributed by atoms with Crippen LogP contribution in [0.5, 0.6) is 0 Å². The van der Waals surface area contributed by atoms with Crippen LogP contribution in [0.15, 0.2) is 0 Å². The van der Waals surface area contributed by atoms with E-state index in [1.165, 1.54) is 7.11 Å². The van der Waals surface area contributed by atoms with Gasteiger partial charge in [-0.05, 0) is 5.92 Å². The van der Waals surface area contributed by atoms with Crippen molar-refractivity contribution < 1.29 is 14.3 Å². The summed E-state index contributed by atoms with van der Waals surface area (Å²) in [6, 6.07) is -0.728. The second-order valence-corrected chi connectivity index (χ2v) is 3.74. The van der Waals surface area contributed by atoms with Gasteiger partial charge in [0.25, 0.3) is 0 Å². The summed E-state index contributed by atoms with van der Waals surface area (Å²) < 4.78 is 4.48. The van der Waals surface area contributed by atoms with E-state index < -0.39 is 12.0 Å². The Morgan fingerprint density at radius 3 is 2.86 bits per heavy atom. The third-order valence-electron chi connectivity index (χ3n) is 2.33. The lowest BCUT2D eigenvalue weighted by Gasteiger charge is -2.19. The lowest BCUT2D eigenvalue weighted by Crippen LogP contribution is -2.43. The molecule has 0 aromatic rings. The van der Waals surface area contributed by atoms with Crippen LogP contribution >= 0.6 is 0 Å². The summed E-state index contributed by atoms with van der Waals surface area (Å²) in [6.07, 6.45) is 0.549. The summed E-state index contributed by atoms with van der Waals surface area (Å²) in [5.41, 5.74) is 5.55. The first-order chi connectivity index (χ1) is 6.54. The second-order valence-electron chi connectivity index (χ2n) is 3.74. The molecule has 5 heteroatoms. The molecule has 1 fully saturated rings. The van der Waals surface area contributed by atoms with Gasteiger partial charge in [0.15, 0.2) is 0 Å². The van der Waals surface area contributed by atoms with E-state index in [2.05, 4.69) is 4.74 Å². The Kier molecular flexibility index (Phi) is 3.46. The van der Waals surface area contributed by atoms with Crippen LogP contribution in [-0.4, -0.2) is 43.0 Å². The van der Waals surface area contributed by atoms with E-state index in [0.717, 1.165) is 0 Å². The highest BCUT2D eigenvalue weighted by Crippen LogP contribution is 2.16. The molecule has 1 aliphatic rings. The van der Waals surface area contributed by atoms with Gasteiger partial charge in [0.1, 0.15) is 6.04 Å². The number of nitrogens with two attached hydrogens (primary N) is 1. The molecule has 0 saturated carbocycles. The zero-order valence-corrected chi connectivity index (χ0v) is 8.53. The minimum absolute atomic E-state index is 0.0665. The molecule has 0 aromatic heterocycles. The van der Waals surface area contributed by atoms with Gasteiger partial charge in [-0.15, -0.1) is 0 Å². The lowest BCUT2D eigenvalue weighted by atomic mass is 10.2. The van der Waals surface area contributed by atoms with E-state index in [1.807, 2.05) is 6.92 Å². The fraction of sp³-hybridized carbons (Fsp3) is 0.778. The normalized spacial score (nSPS) is 23.8. The summed E-state index contributed by atoms with van der Waals surface area (Å²) in [5, 5.41) is 0. The molecule has 1 aliphatic heterocycles. The maximum absolute atomic E-state index is 11.3. The van der Waals surface area contributed by atoms with Crippen molar-refractivity contribution in [3.63, 3.8) is 0 Å². The third kappa shape index (κ3) is 2.45. The van der Waals surface area contributed by atoms with Crippen molar-refractivity contribution >= 4 is 11.9 Å². The topological polar surface area (TPSA) is 72.6 Å². The number of likely N-dealkylation sites (tertiary alicyclic amines) is 1. The zero-order chi connectivity index (χ0) is 10.7. The Bertz CT molecular complexity index is 242. The minimum Gasteiger partial charge on any atom is -0.468 e. The molecule has 1 rings (SSSR count). The third-order valence-corrected chi connectivity index (χ3v) is 2.33. The summed E-state index contributed by atoms with van der Waals surface area (Å²) in [6.45, 7) is 2.95. The monoisotopic (exact) mass is 200 g/mol.